The normalized spacial score (nSPS) is 17.2. The van der Waals surface area contributed by atoms with E-state index in [0.29, 0.717) is 24.3 Å². The van der Waals surface area contributed by atoms with Gasteiger partial charge in [0.25, 0.3) is 5.91 Å². The Kier molecular flexibility index (Phi) is 4.17. The van der Waals surface area contributed by atoms with Gasteiger partial charge in [0.05, 0.1) is 24.0 Å². The fourth-order valence-electron chi connectivity index (χ4n) is 2.87. The van der Waals surface area contributed by atoms with Crippen LogP contribution in [0, 0.1) is 12.8 Å². The van der Waals surface area contributed by atoms with Gasteiger partial charge in [-0.15, -0.1) is 0 Å². The molecule has 0 spiro atoms. The van der Waals surface area contributed by atoms with Crippen molar-refractivity contribution in [3.63, 3.8) is 0 Å². The fourth-order valence-corrected chi connectivity index (χ4v) is 2.87. The summed E-state index contributed by atoms with van der Waals surface area (Å²) in [6.45, 7) is 6.42. The highest BCUT2D eigenvalue weighted by Gasteiger charge is 2.32. The van der Waals surface area contributed by atoms with Gasteiger partial charge in [0.1, 0.15) is 5.69 Å². The largest absolute Gasteiger partial charge is 0.476 e. The Balaban J connectivity index is 1.52. The number of carbonyl (C=O) groups is 1. The van der Waals surface area contributed by atoms with Gasteiger partial charge >= 0.3 is 0 Å². The summed E-state index contributed by atoms with van der Waals surface area (Å²) < 4.78 is 5.90. The molecule has 2 saturated carbocycles. The Morgan fingerprint density at radius 1 is 1.35 bits per heavy atom. The molecule has 7 nitrogen and oxygen atoms in total. The minimum atomic E-state index is -0.617. The predicted molar refractivity (Wildman–Crippen MR) is 96.0 cm³/mol. The predicted octanol–water partition coefficient (Wildman–Crippen LogP) is 2.84. The summed E-state index contributed by atoms with van der Waals surface area (Å²) in [6.07, 6.45) is 6.21. The molecule has 7 heteroatoms. The maximum Gasteiger partial charge on any atom is 0.272 e. The number of ether oxygens (including phenoxy) is 1. The van der Waals surface area contributed by atoms with E-state index in [1.165, 1.54) is 12.8 Å². The maximum atomic E-state index is 12.7. The lowest BCUT2D eigenvalue weighted by molar-refractivity contribution is 0.0903. The molecule has 0 radical (unpaired) electrons. The van der Waals surface area contributed by atoms with Gasteiger partial charge in [0, 0.05) is 11.6 Å². The highest BCUT2D eigenvalue weighted by molar-refractivity contribution is 5.92. The molecule has 0 unspecified atom stereocenters. The number of aromatic amines is 1. The average Bonchev–Trinajstić information content (AvgIpc) is 3.51. The standard InChI is InChI=1S/C19H25N5O2/c1-11-8-15(24-23-11)19(2,3)22-17(25)14-9-20-16(13-6-7-13)18(21-14)26-10-12-4-5-12/h8-9,12-13H,4-7,10H2,1-3H3,(H,22,25)(H,23,24). The van der Waals surface area contributed by atoms with E-state index in [1.807, 2.05) is 26.8 Å². The first kappa shape index (κ1) is 17.0. The van der Waals surface area contributed by atoms with Crippen molar-refractivity contribution in [2.45, 2.75) is 57.9 Å². The van der Waals surface area contributed by atoms with Crippen LogP contribution in [0.5, 0.6) is 5.88 Å². The van der Waals surface area contributed by atoms with Crippen LogP contribution in [-0.4, -0.2) is 32.7 Å². The van der Waals surface area contributed by atoms with E-state index in [9.17, 15) is 4.79 Å². The molecule has 2 aliphatic rings. The zero-order chi connectivity index (χ0) is 18.3. The molecule has 2 aliphatic carbocycles. The summed E-state index contributed by atoms with van der Waals surface area (Å²) in [5.74, 6) is 1.31. The van der Waals surface area contributed by atoms with Crippen molar-refractivity contribution in [3.8, 4) is 5.88 Å². The Morgan fingerprint density at radius 3 is 2.73 bits per heavy atom. The van der Waals surface area contributed by atoms with Gasteiger partial charge in [0.15, 0.2) is 5.69 Å². The van der Waals surface area contributed by atoms with Crippen LogP contribution in [0.25, 0.3) is 0 Å². The smallest absolute Gasteiger partial charge is 0.272 e. The molecule has 0 aliphatic heterocycles. The third-order valence-electron chi connectivity index (χ3n) is 4.89. The zero-order valence-electron chi connectivity index (χ0n) is 15.5. The molecule has 138 valence electrons. The summed E-state index contributed by atoms with van der Waals surface area (Å²) in [7, 11) is 0. The summed E-state index contributed by atoms with van der Waals surface area (Å²) in [4.78, 5) is 21.7. The monoisotopic (exact) mass is 355 g/mol. The lowest BCUT2D eigenvalue weighted by Crippen LogP contribution is -2.41. The van der Waals surface area contributed by atoms with Gasteiger partial charge < -0.3 is 10.1 Å². The number of nitrogens with zero attached hydrogens (tertiary/aromatic N) is 3. The van der Waals surface area contributed by atoms with Crippen molar-refractivity contribution in [2.75, 3.05) is 6.61 Å². The third-order valence-corrected chi connectivity index (χ3v) is 4.89. The molecule has 4 rings (SSSR count). The maximum absolute atomic E-state index is 12.7. The Labute approximate surface area is 153 Å². The fraction of sp³-hybridized carbons (Fsp3) is 0.579. The highest BCUT2D eigenvalue weighted by atomic mass is 16.5. The lowest BCUT2D eigenvalue weighted by atomic mass is 10.0. The van der Waals surface area contributed by atoms with Crippen LogP contribution in [0.2, 0.25) is 0 Å². The number of aryl methyl sites for hydroxylation is 1. The lowest BCUT2D eigenvalue weighted by Gasteiger charge is -2.24. The van der Waals surface area contributed by atoms with Crippen LogP contribution in [0.15, 0.2) is 12.3 Å². The van der Waals surface area contributed by atoms with E-state index in [2.05, 4.69) is 25.5 Å². The van der Waals surface area contributed by atoms with Gasteiger partial charge in [-0.1, -0.05) is 0 Å². The van der Waals surface area contributed by atoms with Gasteiger partial charge in [0.2, 0.25) is 5.88 Å². The van der Waals surface area contributed by atoms with Crippen LogP contribution < -0.4 is 10.1 Å². The van der Waals surface area contributed by atoms with Crippen molar-refractivity contribution >= 4 is 5.91 Å². The summed E-state index contributed by atoms with van der Waals surface area (Å²) in [5.41, 5.74) is 2.28. The Bertz CT molecular complexity index is 821. The Hall–Kier alpha value is -2.44. The van der Waals surface area contributed by atoms with Crippen LogP contribution in [0.4, 0.5) is 0 Å². The number of carbonyl (C=O) groups excluding carboxylic acids is 1. The first-order valence-electron chi connectivity index (χ1n) is 9.27. The molecular weight excluding hydrogens is 330 g/mol. The van der Waals surface area contributed by atoms with E-state index in [4.69, 9.17) is 4.74 Å². The molecule has 0 aromatic carbocycles. The number of H-pyrrole nitrogens is 1. The molecule has 0 bridgehead atoms. The van der Waals surface area contributed by atoms with Crippen LogP contribution in [-0.2, 0) is 5.54 Å². The van der Waals surface area contributed by atoms with Crippen LogP contribution in [0.3, 0.4) is 0 Å². The molecule has 2 heterocycles. The number of hydrogen-bond donors (Lipinski definition) is 2. The van der Waals surface area contributed by atoms with E-state index >= 15 is 0 Å². The van der Waals surface area contributed by atoms with E-state index in [0.717, 1.165) is 29.9 Å². The minimum Gasteiger partial charge on any atom is -0.476 e. The molecular formula is C19H25N5O2. The molecule has 2 aromatic rings. The van der Waals surface area contributed by atoms with E-state index < -0.39 is 5.54 Å². The second kappa shape index (κ2) is 6.37. The van der Waals surface area contributed by atoms with Gasteiger partial charge in [-0.2, -0.15) is 5.10 Å². The first-order chi connectivity index (χ1) is 12.4. The number of hydrogen-bond acceptors (Lipinski definition) is 5. The van der Waals surface area contributed by atoms with E-state index in [1.54, 1.807) is 6.20 Å². The van der Waals surface area contributed by atoms with E-state index in [-0.39, 0.29) is 11.6 Å². The first-order valence-corrected chi connectivity index (χ1v) is 9.27. The average molecular weight is 355 g/mol. The van der Waals surface area contributed by atoms with Crippen molar-refractivity contribution < 1.29 is 9.53 Å². The number of rotatable bonds is 7. The molecule has 2 fully saturated rings. The molecule has 0 saturated heterocycles. The van der Waals surface area contributed by atoms with Crippen LogP contribution >= 0.6 is 0 Å². The van der Waals surface area contributed by atoms with Gasteiger partial charge in [-0.05, 0) is 58.4 Å². The third kappa shape index (κ3) is 3.71. The topological polar surface area (TPSA) is 92.8 Å². The highest BCUT2D eigenvalue weighted by Crippen LogP contribution is 2.42. The number of nitrogens with one attached hydrogen (secondary N) is 2. The molecule has 1 amide bonds. The van der Waals surface area contributed by atoms with Gasteiger partial charge in [-0.25, -0.2) is 4.98 Å². The molecule has 2 aromatic heterocycles. The second-order valence-corrected chi connectivity index (χ2v) is 7.99. The zero-order valence-corrected chi connectivity index (χ0v) is 15.5. The molecule has 26 heavy (non-hydrogen) atoms. The minimum absolute atomic E-state index is 0.276. The molecule has 2 N–H and O–H groups in total. The van der Waals surface area contributed by atoms with Crippen molar-refractivity contribution in [2.24, 2.45) is 5.92 Å². The number of aromatic nitrogens is 4. The molecule has 0 atom stereocenters. The quantitative estimate of drug-likeness (QED) is 0.797. The van der Waals surface area contributed by atoms with Crippen molar-refractivity contribution in [1.82, 2.24) is 25.5 Å². The van der Waals surface area contributed by atoms with Crippen molar-refractivity contribution in [3.05, 3.63) is 35.0 Å². The van der Waals surface area contributed by atoms with Crippen LogP contribution in [0.1, 0.15) is 73.0 Å². The van der Waals surface area contributed by atoms with Crippen molar-refractivity contribution in [1.29, 1.82) is 0 Å². The summed E-state index contributed by atoms with van der Waals surface area (Å²) in [5, 5.41) is 10.2. The summed E-state index contributed by atoms with van der Waals surface area (Å²) in [6, 6.07) is 1.92. The summed E-state index contributed by atoms with van der Waals surface area (Å²) >= 11 is 0. The number of amides is 1. The second-order valence-electron chi connectivity index (χ2n) is 7.99. The Morgan fingerprint density at radius 2 is 2.12 bits per heavy atom. The van der Waals surface area contributed by atoms with Gasteiger partial charge in [-0.3, -0.25) is 14.9 Å². The SMILES string of the molecule is Cc1cc(C(C)(C)NC(=O)c2cnc(C3CC3)c(OCC3CC3)n2)n[nH]1.